The van der Waals surface area contributed by atoms with Gasteiger partial charge in [0.05, 0.1) is 12.0 Å². The zero-order valence-electron chi connectivity index (χ0n) is 6.57. The van der Waals surface area contributed by atoms with E-state index in [4.69, 9.17) is 0 Å². The van der Waals surface area contributed by atoms with Gasteiger partial charge in [0.15, 0.2) is 0 Å². The minimum Gasteiger partial charge on any atom is -0.386 e. The van der Waals surface area contributed by atoms with Gasteiger partial charge in [-0.05, 0) is 18.8 Å². The van der Waals surface area contributed by atoms with Crippen molar-refractivity contribution in [2.24, 2.45) is 13.0 Å². The van der Waals surface area contributed by atoms with Crippen molar-refractivity contribution in [3.63, 3.8) is 0 Å². The van der Waals surface area contributed by atoms with Gasteiger partial charge >= 0.3 is 0 Å². The molecule has 1 aliphatic rings. The fourth-order valence-electron chi connectivity index (χ4n) is 1.24. The summed E-state index contributed by atoms with van der Waals surface area (Å²) in [6.07, 6.45) is 5.58. The molecule has 1 N–H and O–H groups in total. The van der Waals surface area contributed by atoms with Crippen LogP contribution < -0.4 is 0 Å². The summed E-state index contributed by atoms with van der Waals surface area (Å²) in [6.45, 7) is 0. The molecule has 3 nitrogen and oxygen atoms in total. The summed E-state index contributed by atoms with van der Waals surface area (Å²) in [5.41, 5.74) is 0.815. The highest BCUT2D eigenvalue weighted by Crippen LogP contribution is 2.40. The maximum absolute atomic E-state index is 9.60. The van der Waals surface area contributed by atoms with Crippen molar-refractivity contribution in [3.05, 3.63) is 18.2 Å². The van der Waals surface area contributed by atoms with Crippen molar-refractivity contribution in [1.82, 2.24) is 9.55 Å². The molecule has 0 aromatic carbocycles. The van der Waals surface area contributed by atoms with Crippen LogP contribution in [0.4, 0.5) is 0 Å². The maximum Gasteiger partial charge on any atom is 0.100 e. The van der Waals surface area contributed by atoms with Crippen molar-refractivity contribution in [1.29, 1.82) is 0 Å². The normalized spacial score (nSPS) is 20.2. The molecule has 1 fully saturated rings. The average molecular weight is 152 g/mol. The van der Waals surface area contributed by atoms with Gasteiger partial charge in [-0.25, -0.2) is 4.98 Å². The third kappa shape index (κ3) is 1.28. The summed E-state index contributed by atoms with van der Waals surface area (Å²) in [5, 5.41) is 9.60. The molecule has 11 heavy (non-hydrogen) atoms. The Morgan fingerprint density at radius 3 is 2.91 bits per heavy atom. The Morgan fingerprint density at radius 1 is 1.73 bits per heavy atom. The highest BCUT2D eigenvalue weighted by Gasteiger charge is 2.31. The second-order valence-electron chi connectivity index (χ2n) is 3.25. The predicted molar refractivity (Wildman–Crippen MR) is 40.9 cm³/mol. The minimum atomic E-state index is -0.323. The second kappa shape index (κ2) is 2.34. The van der Waals surface area contributed by atoms with Crippen LogP contribution in [0, 0.1) is 5.92 Å². The van der Waals surface area contributed by atoms with Gasteiger partial charge in [0.1, 0.15) is 6.10 Å². The van der Waals surface area contributed by atoms with Crippen molar-refractivity contribution < 1.29 is 5.11 Å². The average Bonchev–Trinajstić information content (AvgIpc) is 2.74. The molecule has 0 saturated heterocycles. The molecular weight excluding hydrogens is 140 g/mol. The molecule has 0 spiro atoms. The van der Waals surface area contributed by atoms with Crippen LogP contribution in [0.3, 0.4) is 0 Å². The molecule has 1 heterocycles. The lowest BCUT2D eigenvalue weighted by atomic mass is 10.2. The Morgan fingerprint density at radius 2 is 2.45 bits per heavy atom. The third-order valence-electron chi connectivity index (χ3n) is 2.10. The van der Waals surface area contributed by atoms with Crippen molar-refractivity contribution in [2.75, 3.05) is 0 Å². The Kier molecular flexibility index (Phi) is 1.46. The molecule has 1 aromatic heterocycles. The first kappa shape index (κ1) is 6.85. The van der Waals surface area contributed by atoms with Crippen LogP contribution in [0.5, 0.6) is 0 Å². The summed E-state index contributed by atoms with van der Waals surface area (Å²) < 4.78 is 1.86. The van der Waals surface area contributed by atoms with Gasteiger partial charge in [0.25, 0.3) is 0 Å². The number of aliphatic hydroxyl groups excluding tert-OH is 1. The fraction of sp³-hybridized carbons (Fsp3) is 0.625. The smallest absolute Gasteiger partial charge is 0.100 e. The first-order chi connectivity index (χ1) is 5.27. The van der Waals surface area contributed by atoms with Gasteiger partial charge in [-0.3, -0.25) is 0 Å². The largest absolute Gasteiger partial charge is 0.386 e. The first-order valence-electron chi connectivity index (χ1n) is 3.93. The van der Waals surface area contributed by atoms with Gasteiger partial charge in [-0.2, -0.15) is 0 Å². The Balaban J connectivity index is 2.14. The van der Waals surface area contributed by atoms with Crippen molar-refractivity contribution in [2.45, 2.75) is 18.9 Å². The second-order valence-corrected chi connectivity index (χ2v) is 3.25. The quantitative estimate of drug-likeness (QED) is 0.682. The Labute approximate surface area is 65.7 Å². The molecule has 1 unspecified atom stereocenters. The highest BCUT2D eigenvalue weighted by atomic mass is 16.3. The number of hydrogen-bond donors (Lipinski definition) is 1. The molecule has 0 amide bonds. The van der Waals surface area contributed by atoms with Gasteiger partial charge in [0.2, 0.25) is 0 Å². The first-order valence-corrected chi connectivity index (χ1v) is 3.93. The summed E-state index contributed by atoms with van der Waals surface area (Å²) in [7, 11) is 1.91. The Hall–Kier alpha value is -0.830. The predicted octanol–water partition coefficient (Wildman–Crippen LogP) is 0.863. The molecule has 60 valence electrons. The van der Waals surface area contributed by atoms with E-state index in [1.807, 2.05) is 17.8 Å². The molecule has 0 bridgehead atoms. The van der Waals surface area contributed by atoms with E-state index in [0.717, 1.165) is 18.5 Å². The summed E-state index contributed by atoms with van der Waals surface area (Å²) in [5.74, 6) is 0.477. The number of nitrogens with zero attached hydrogens (tertiary/aromatic N) is 2. The van der Waals surface area contributed by atoms with Crippen LogP contribution >= 0.6 is 0 Å². The van der Waals surface area contributed by atoms with Crippen LogP contribution in [-0.2, 0) is 7.05 Å². The molecule has 0 aliphatic heterocycles. The number of aromatic nitrogens is 2. The van der Waals surface area contributed by atoms with Crippen LogP contribution in [-0.4, -0.2) is 14.7 Å². The molecule has 2 rings (SSSR count). The number of aryl methyl sites for hydroxylation is 1. The molecule has 3 heteroatoms. The summed E-state index contributed by atoms with van der Waals surface area (Å²) >= 11 is 0. The molecule has 1 aromatic rings. The molecule has 0 radical (unpaired) electrons. The lowest BCUT2D eigenvalue weighted by Crippen LogP contribution is -1.99. The molecular formula is C8H12N2O. The standard InChI is InChI=1S/C8H12N2O/c1-10-4-7(9-5-10)8(11)6-2-3-6/h4-6,8,11H,2-3H2,1H3. The molecule has 1 saturated carbocycles. The number of rotatable bonds is 2. The third-order valence-corrected chi connectivity index (χ3v) is 2.10. The van der Waals surface area contributed by atoms with Crippen molar-refractivity contribution >= 4 is 0 Å². The van der Waals surface area contributed by atoms with Crippen LogP contribution in [0.1, 0.15) is 24.6 Å². The van der Waals surface area contributed by atoms with E-state index in [2.05, 4.69) is 4.98 Å². The van der Waals surface area contributed by atoms with E-state index in [1.165, 1.54) is 0 Å². The van der Waals surface area contributed by atoms with E-state index >= 15 is 0 Å². The molecule has 1 atom stereocenters. The fourth-order valence-corrected chi connectivity index (χ4v) is 1.24. The number of hydrogen-bond acceptors (Lipinski definition) is 2. The summed E-state index contributed by atoms with van der Waals surface area (Å²) in [4.78, 5) is 4.09. The van der Waals surface area contributed by atoms with E-state index < -0.39 is 0 Å². The van der Waals surface area contributed by atoms with E-state index in [0.29, 0.717) is 5.92 Å². The molecule has 1 aliphatic carbocycles. The van der Waals surface area contributed by atoms with E-state index in [-0.39, 0.29) is 6.10 Å². The van der Waals surface area contributed by atoms with Gasteiger partial charge in [-0.15, -0.1) is 0 Å². The zero-order chi connectivity index (χ0) is 7.84. The summed E-state index contributed by atoms with van der Waals surface area (Å²) in [6, 6.07) is 0. The topological polar surface area (TPSA) is 38.0 Å². The van der Waals surface area contributed by atoms with Crippen LogP contribution in [0.25, 0.3) is 0 Å². The SMILES string of the molecule is Cn1cnc(C(O)C2CC2)c1. The van der Waals surface area contributed by atoms with E-state index in [1.54, 1.807) is 6.33 Å². The lowest BCUT2D eigenvalue weighted by Gasteiger charge is -2.03. The minimum absolute atomic E-state index is 0.323. The maximum atomic E-state index is 9.60. The van der Waals surface area contributed by atoms with Gasteiger partial charge in [0, 0.05) is 13.2 Å². The van der Waals surface area contributed by atoms with E-state index in [9.17, 15) is 5.11 Å². The lowest BCUT2D eigenvalue weighted by molar-refractivity contribution is 0.149. The van der Waals surface area contributed by atoms with Crippen molar-refractivity contribution in [3.8, 4) is 0 Å². The van der Waals surface area contributed by atoms with Crippen LogP contribution in [0.2, 0.25) is 0 Å². The highest BCUT2D eigenvalue weighted by molar-refractivity contribution is 5.04. The zero-order valence-corrected chi connectivity index (χ0v) is 6.57. The Bertz CT molecular complexity index is 252. The van der Waals surface area contributed by atoms with Crippen LogP contribution in [0.15, 0.2) is 12.5 Å². The number of imidazole rings is 1. The monoisotopic (exact) mass is 152 g/mol. The number of aliphatic hydroxyl groups is 1. The van der Waals surface area contributed by atoms with Gasteiger partial charge in [-0.1, -0.05) is 0 Å². The van der Waals surface area contributed by atoms with Gasteiger partial charge < -0.3 is 9.67 Å².